The maximum absolute atomic E-state index is 12.3. The number of fused-ring (bicyclic) bond motifs is 1. The molecule has 0 bridgehead atoms. The summed E-state index contributed by atoms with van der Waals surface area (Å²) >= 11 is 0. The number of aryl methyl sites for hydroxylation is 1. The molecule has 0 aliphatic heterocycles. The number of benzene rings is 2. The van der Waals surface area contributed by atoms with Gasteiger partial charge in [0.15, 0.2) is 0 Å². The van der Waals surface area contributed by atoms with Crippen LogP contribution in [-0.2, 0) is 12.8 Å². The van der Waals surface area contributed by atoms with Crippen LogP contribution in [0.1, 0.15) is 27.4 Å². The number of aromatic nitrogens is 2. The molecule has 7 heteroatoms. The third-order valence-electron chi connectivity index (χ3n) is 5.11. The Morgan fingerprint density at radius 3 is 2.41 bits per heavy atom. The minimum atomic E-state index is -0.650. The van der Waals surface area contributed by atoms with Crippen molar-refractivity contribution in [2.24, 2.45) is 0 Å². The van der Waals surface area contributed by atoms with E-state index in [9.17, 15) is 9.90 Å². The molecular weight excluding hydrogens is 368 g/mol. The van der Waals surface area contributed by atoms with E-state index in [1.807, 2.05) is 0 Å². The predicted molar refractivity (Wildman–Crippen MR) is 108 cm³/mol. The van der Waals surface area contributed by atoms with E-state index in [4.69, 9.17) is 4.42 Å². The van der Waals surface area contributed by atoms with Crippen molar-refractivity contribution in [2.75, 3.05) is 13.1 Å². The van der Waals surface area contributed by atoms with Crippen LogP contribution < -0.4 is 10.6 Å². The first-order valence-corrected chi connectivity index (χ1v) is 9.75. The van der Waals surface area contributed by atoms with E-state index in [1.54, 1.807) is 31.2 Å². The lowest BCUT2D eigenvalue weighted by molar-refractivity contribution is 0.0914. The van der Waals surface area contributed by atoms with Crippen molar-refractivity contribution in [1.82, 2.24) is 20.8 Å². The first-order chi connectivity index (χ1) is 14.1. The molecule has 3 aromatic rings. The summed E-state index contributed by atoms with van der Waals surface area (Å²) in [6, 6.07) is 15.7. The Hall–Kier alpha value is -3.03. The summed E-state index contributed by atoms with van der Waals surface area (Å²) in [4.78, 5) is 12.3. The highest BCUT2D eigenvalue weighted by molar-refractivity contribution is 5.94. The summed E-state index contributed by atoms with van der Waals surface area (Å²) < 4.78 is 5.38. The summed E-state index contributed by atoms with van der Waals surface area (Å²) in [6.07, 6.45) is 1.30. The lowest BCUT2D eigenvalue weighted by Gasteiger charge is -2.16. The van der Waals surface area contributed by atoms with Gasteiger partial charge in [0.25, 0.3) is 5.91 Å². The number of nitrogens with one attached hydrogen (secondary N) is 2. The highest BCUT2D eigenvalue weighted by Gasteiger charge is 2.21. The number of amides is 1. The van der Waals surface area contributed by atoms with E-state index in [1.165, 1.54) is 11.1 Å². The van der Waals surface area contributed by atoms with Crippen LogP contribution in [0, 0.1) is 6.92 Å². The molecule has 150 valence electrons. The molecule has 1 aromatic heterocycles. The highest BCUT2D eigenvalue weighted by Crippen LogP contribution is 2.21. The molecular formula is C22H24N4O3. The maximum Gasteiger partial charge on any atom is 0.251 e. The molecule has 3 N–H and O–H groups in total. The van der Waals surface area contributed by atoms with Crippen molar-refractivity contribution in [1.29, 1.82) is 0 Å². The zero-order valence-electron chi connectivity index (χ0n) is 16.3. The van der Waals surface area contributed by atoms with Crippen LogP contribution in [0.4, 0.5) is 0 Å². The van der Waals surface area contributed by atoms with Crippen LogP contribution in [0.2, 0.25) is 0 Å². The van der Waals surface area contributed by atoms with Crippen molar-refractivity contribution >= 4 is 5.91 Å². The second-order valence-corrected chi connectivity index (χ2v) is 7.35. The van der Waals surface area contributed by atoms with Gasteiger partial charge in [-0.1, -0.05) is 24.3 Å². The molecule has 0 saturated heterocycles. The zero-order valence-corrected chi connectivity index (χ0v) is 16.3. The first kappa shape index (κ1) is 19.3. The van der Waals surface area contributed by atoms with Crippen LogP contribution in [0.3, 0.4) is 0 Å². The highest BCUT2D eigenvalue weighted by atomic mass is 16.4. The Labute approximate surface area is 169 Å². The Bertz CT molecular complexity index is 959. The molecule has 0 unspecified atom stereocenters. The third-order valence-corrected chi connectivity index (χ3v) is 5.11. The Morgan fingerprint density at radius 1 is 1.10 bits per heavy atom. The topological polar surface area (TPSA) is 100 Å². The number of hydrogen-bond donors (Lipinski definition) is 3. The van der Waals surface area contributed by atoms with E-state index in [0.717, 1.165) is 18.4 Å². The number of hydrogen-bond acceptors (Lipinski definition) is 6. The van der Waals surface area contributed by atoms with E-state index >= 15 is 0 Å². The van der Waals surface area contributed by atoms with Crippen molar-refractivity contribution in [3.05, 3.63) is 71.1 Å². The van der Waals surface area contributed by atoms with Crippen LogP contribution >= 0.6 is 0 Å². The first-order valence-electron chi connectivity index (χ1n) is 9.75. The van der Waals surface area contributed by atoms with Crippen molar-refractivity contribution in [3.8, 4) is 11.5 Å². The normalized spacial score (nSPS) is 14.6. The van der Waals surface area contributed by atoms with Gasteiger partial charge in [-0.15, -0.1) is 10.2 Å². The number of carbonyl (C=O) groups excluding carboxylic acids is 1. The summed E-state index contributed by atoms with van der Waals surface area (Å²) in [5, 5.41) is 24.1. The monoisotopic (exact) mass is 392 g/mol. The molecule has 4 rings (SSSR count). The van der Waals surface area contributed by atoms with Gasteiger partial charge in [-0.3, -0.25) is 4.79 Å². The fourth-order valence-electron chi connectivity index (χ4n) is 3.57. The molecule has 0 fully saturated rings. The molecule has 1 amide bonds. The second kappa shape index (κ2) is 8.55. The summed E-state index contributed by atoms with van der Waals surface area (Å²) in [5.74, 6) is 0.682. The van der Waals surface area contributed by atoms with Gasteiger partial charge < -0.3 is 20.2 Å². The van der Waals surface area contributed by atoms with Crippen LogP contribution in [0.25, 0.3) is 11.5 Å². The standard InChI is InChI=1S/C22H24N4O3/c1-14-25-26-22(29-14)16-8-6-15(7-9-16)21(28)24-13-20(27)12-23-19-10-17-4-2-3-5-18(17)11-19/h2-9,19-20,23,27H,10-13H2,1H3,(H,24,28)/t20-/m0/s1. The largest absolute Gasteiger partial charge is 0.421 e. The van der Waals surface area contributed by atoms with Gasteiger partial charge >= 0.3 is 0 Å². The van der Waals surface area contributed by atoms with Crippen molar-refractivity contribution in [2.45, 2.75) is 31.9 Å². The van der Waals surface area contributed by atoms with Gasteiger partial charge in [-0.2, -0.15) is 0 Å². The maximum atomic E-state index is 12.3. The van der Waals surface area contributed by atoms with E-state index in [-0.39, 0.29) is 12.5 Å². The van der Waals surface area contributed by atoms with Gasteiger partial charge in [0.1, 0.15) is 0 Å². The van der Waals surface area contributed by atoms with Gasteiger partial charge in [-0.05, 0) is 48.2 Å². The number of nitrogens with zero attached hydrogens (tertiary/aromatic N) is 2. The lowest BCUT2D eigenvalue weighted by Crippen LogP contribution is -2.41. The molecule has 0 saturated carbocycles. The Morgan fingerprint density at radius 2 is 1.79 bits per heavy atom. The SMILES string of the molecule is Cc1nnc(-c2ccc(C(=O)NC[C@@H](O)CNC3Cc4ccccc4C3)cc2)o1. The fourth-order valence-corrected chi connectivity index (χ4v) is 3.57. The number of aliphatic hydroxyl groups is 1. The molecule has 29 heavy (non-hydrogen) atoms. The van der Waals surface area contributed by atoms with E-state index in [2.05, 4.69) is 45.1 Å². The predicted octanol–water partition coefficient (Wildman–Crippen LogP) is 1.89. The summed E-state index contributed by atoms with van der Waals surface area (Å²) in [6.45, 7) is 2.36. The molecule has 1 heterocycles. The average molecular weight is 392 g/mol. The van der Waals surface area contributed by atoms with Crippen LogP contribution in [0.5, 0.6) is 0 Å². The fraction of sp³-hybridized carbons (Fsp3) is 0.318. The molecule has 0 radical (unpaired) electrons. The number of rotatable bonds is 7. The second-order valence-electron chi connectivity index (χ2n) is 7.35. The van der Waals surface area contributed by atoms with Gasteiger partial charge in [0.2, 0.25) is 11.8 Å². The van der Waals surface area contributed by atoms with E-state index < -0.39 is 6.10 Å². The van der Waals surface area contributed by atoms with Gasteiger partial charge in [-0.25, -0.2) is 0 Å². The molecule has 0 spiro atoms. The molecule has 1 aliphatic carbocycles. The summed E-state index contributed by atoms with van der Waals surface area (Å²) in [5.41, 5.74) is 4.00. The van der Waals surface area contributed by atoms with Crippen LogP contribution in [-0.4, -0.2) is 46.4 Å². The third kappa shape index (κ3) is 4.70. The molecule has 7 nitrogen and oxygen atoms in total. The quantitative estimate of drug-likeness (QED) is 0.568. The number of aliphatic hydroxyl groups excluding tert-OH is 1. The Balaban J connectivity index is 1.22. The van der Waals surface area contributed by atoms with Gasteiger partial charge in [0, 0.05) is 37.2 Å². The Kier molecular flexibility index (Phi) is 5.69. The number of carbonyl (C=O) groups is 1. The average Bonchev–Trinajstić information content (AvgIpc) is 3.36. The van der Waals surface area contributed by atoms with Crippen LogP contribution in [0.15, 0.2) is 52.9 Å². The lowest BCUT2D eigenvalue weighted by atomic mass is 10.1. The molecule has 2 aromatic carbocycles. The van der Waals surface area contributed by atoms with E-state index in [0.29, 0.717) is 29.9 Å². The van der Waals surface area contributed by atoms with Crippen molar-refractivity contribution in [3.63, 3.8) is 0 Å². The molecule has 1 atom stereocenters. The smallest absolute Gasteiger partial charge is 0.251 e. The van der Waals surface area contributed by atoms with Crippen molar-refractivity contribution < 1.29 is 14.3 Å². The zero-order chi connectivity index (χ0) is 20.2. The minimum Gasteiger partial charge on any atom is -0.421 e. The summed E-state index contributed by atoms with van der Waals surface area (Å²) in [7, 11) is 0. The minimum absolute atomic E-state index is 0.191. The van der Waals surface area contributed by atoms with Gasteiger partial charge in [0.05, 0.1) is 6.10 Å². The molecule has 1 aliphatic rings.